The van der Waals surface area contributed by atoms with Crippen LogP contribution in [0.3, 0.4) is 0 Å². The standard InChI is InChI=1S/C11H12BrN3OS/c1-2-16-10-5-6-13-11(15-10)14-7-8-3-4-9(12)17-8/h3-6H,2,7H2,1H3,(H,13,14,15). The molecule has 2 aromatic rings. The van der Waals surface area contributed by atoms with Crippen molar-refractivity contribution < 1.29 is 4.74 Å². The predicted molar refractivity (Wildman–Crippen MR) is 72.5 cm³/mol. The molecule has 90 valence electrons. The number of aromatic nitrogens is 2. The summed E-state index contributed by atoms with van der Waals surface area (Å²) in [4.78, 5) is 9.59. The first kappa shape index (κ1) is 12.3. The SMILES string of the molecule is CCOc1ccnc(NCc2ccc(Br)s2)n1. The number of ether oxygens (including phenoxy) is 1. The van der Waals surface area contributed by atoms with Gasteiger partial charge in [-0.05, 0) is 35.0 Å². The molecule has 0 saturated carbocycles. The Balaban J connectivity index is 1.96. The lowest BCUT2D eigenvalue weighted by atomic mass is 10.5. The molecule has 0 unspecified atom stereocenters. The summed E-state index contributed by atoms with van der Waals surface area (Å²) < 4.78 is 6.43. The maximum absolute atomic E-state index is 5.31. The van der Waals surface area contributed by atoms with Gasteiger partial charge in [-0.1, -0.05) is 0 Å². The van der Waals surface area contributed by atoms with Crippen LogP contribution in [0.4, 0.5) is 5.95 Å². The quantitative estimate of drug-likeness (QED) is 0.920. The van der Waals surface area contributed by atoms with Crippen LogP contribution < -0.4 is 10.1 Å². The van der Waals surface area contributed by atoms with Gasteiger partial charge in [-0.25, -0.2) is 4.98 Å². The van der Waals surface area contributed by atoms with E-state index in [0.717, 1.165) is 3.79 Å². The van der Waals surface area contributed by atoms with E-state index in [0.29, 0.717) is 25.0 Å². The summed E-state index contributed by atoms with van der Waals surface area (Å²) in [6, 6.07) is 5.84. The van der Waals surface area contributed by atoms with Gasteiger partial charge >= 0.3 is 0 Å². The highest BCUT2D eigenvalue weighted by atomic mass is 79.9. The van der Waals surface area contributed by atoms with Crippen LogP contribution in [0.15, 0.2) is 28.2 Å². The number of nitrogens with one attached hydrogen (secondary N) is 1. The van der Waals surface area contributed by atoms with Crippen molar-refractivity contribution in [3.8, 4) is 5.88 Å². The molecule has 0 atom stereocenters. The maximum Gasteiger partial charge on any atom is 0.226 e. The molecule has 0 saturated heterocycles. The number of hydrogen-bond acceptors (Lipinski definition) is 5. The zero-order chi connectivity index (χ0) is 12.1. The molecule has 1 N–H and O–H groups in total. The molecule has 17 heavy (non-hydrogen) atoms. The van der Waals surface area contributed by atoms with Gasteiger partial charge in [-0.3, -0.25) is 0 Å². The molecule has 0 aromatic carbocycles. The lowest BCUT2D eigenvalue weighted by Crippen LogP contribution is -2.03. The molecule has 0 aliphatic heterocycles. The van der Waals surface area contributed by atoms with Crippen LogP contribution in [-0.2, 0) is 6.54 Å². The topological polar surface area (TPSA) is 47.0 Å². The van der Waals surface area contributed by atoms with E-state index in [-0.39, 0.29) is 0 Å². The minimum atomic E-state index is 0.584. The van der Waals surface area contributed by atoms with Gasteiger partial charge in [-0.15, -0.1) is 11.3 Å². The van der Waals surface area contributed by atoms with E-state index in [1.54, 1.807) is 23.6 Å². The molecule has 0 aliphatic rings. The molecular formula is C11H12BrN3OS. The fraction of sp³-hybridized carbons (Fsp3) is 0.273. The lowest BCUT2D eigenvalue weighted by molar-refractivity contribution is 0.326. The molecule has 0 spiro atoms. The minimum Gasteiger partial charge on any atom is -0.478 e. The van der Waals surface area contributed by atoms with Crippen LogP contribution in [0, 0.1) is 0 Å². The van der Waals surface area contributed by atoms with Gasteiger partial charge in [0.1, 0.15) is 0 Å². The van der Waals surface area contributed by atoms with Crippen LogP contribution in [-0.4, -0.2) is 16.6 Å². The van der Waals surface area contributed by atoms with Gasteiger partial charge in [0.15, 0.2) is 0 Å². The average Bonchev–Trinajstić information content (AvgIpc) is 2.74. The lowest BCUT2D eigenvalue weighted by Gasteiger charge is -2.05. The average molecular weight is 314 g/mol. The van der Waals surface area contributed by atoms with Gasteiger partial charge in [0.05, 0.1) is 16.9 Å². The van der Waals surface area contributed by atoms with Crippen molar-refractivity contribution in [2.24, 2.45) is 0 Å². The Bertz CT molecular complexity index is 489. The van der Waals surface area contributed by atoms with Crippen LogP contribution in [0.25, 0.3) is 0 Å². The third-order valence-electron chi connectivity index (χ3n) is 1.97. The molecule has 0 aliphatic carbocycles. The molecule has 2 aromatic heterocycles. The van der Waals surface area contributed by atoms with Gasteiger partial charge in [0, 0.05) is 17.1 Å². The third-order valence-corrected chi connectivity index (χ3v) is 3.60. The maximum atomic E-state index is 5.31. The zero-order valence-corrected chi connectivity index (χ0v) is 11.7. The third kappa shape index (κ3) is 3.67. The molecule has 2 rings (SSSR count). The molecule has 0 amide bonds. The fourth-order valence-electron chi connectivity index (χ4n) is 1.27. The Morgan fingerprint density at radius 3 is 3.00 bits per heavy atom. The summed E-state index contributed by atoms with van der Waals surface area (Å²) in [6.07, 6.45) is 1.69. The van der Waals surface area contributed by atoms with Crippen LogP contribution in [0.5, 0.6) is 5.88 Å². The Hall–Kier alpha value is -1.14. The van der Waals surface area contributed by atoms with Gasteiger partial charge in [0.2, 0.25) is 11.8 Å². The van der Waals surface area contributed by atoms with Crippen molar-refractivity contribution in [1.82, 2.24) is 9.97 Å². The largest absolute Gasteiger partial charge is 0.478 e. The molecular weight excluding hydrogens is 302 g/mol. The van der Waals surface area contributed by atoms with E-state index in [2.05, 4.69) is 37.3 Å². The first-order valence-electron chi connectivity index (χ1n) is 5.22. The number of anilines is 1. The second kappa shape index (κ2) is 5.97. The van der Waals surface area contributed by atoms with Crippen molar-refractivity contribution in [3.05, 3.63) is 33.1 Å². The van der Waals surface area contributed by atoms with Gasteiger partial charge < -0.3 is 10.1 Å². The van der Waals surface area contributed by atoms with E-state index in [9.17, 15) is 0 Å². The minimum absolute atomic E-state index is 0.584. The zero-order valence-electron chi connectivity index (χ0n) is 9.31. The van der Waals surface area contributed by atoms with Crippen LogP contribution >= 0.6 is 27.3 Å². The van der Waals surface area contributed by atoms with E-state index in [1.807, 2.05) is 13.0 Å². The summed E-state index contributed by atoms with van der Waals surface area (Å²) >= 11 is 5.12. The van der Waals surface area contributed by atoms with Crippen LogP contribution in [0.1, 0.15) is 11.8 Å². The Labute approximate surface area is 112 Å². The first-order valence-corrected chi connectivity index (χ1v) is 6.83. The molecule has 4 nitrogen and oxygen atoms in total. The van der Waals surface area contributed by atoms with Gasteiger partial charge in [0.25, 0.3) is 0 Å². The summed E-state index contributed by atoms with van der Waals surface area (Å²) in [5, 5.41) is 3.16. The highest BCUT2D eigenvalue weighted by molar-refractivity contribution is 9.11. The summed E-state index contributed by atoms with van der Waals surface area (Å²) in [7, 11) is 0. The molecule has 6 heteroatoms. The van der Waals surface area contributed by atoms with E-state index in [4.69, 9.17) is 4.74 Å². The smallest absolute Gasteiger partial charge is 0.226 e. The van der Waals surface area contributed by atoms with Crippen molar-refractivity contribution in [2.45, 2.75) is 13.5 Å². The van der Waals surface area contributed by atoms with Crippen molar-refractivity contribution in [3.63, 3.8) is 0 Å². The molecule has 0 fully saturated rings. The summed E-state index contributed by atoms with van der Waals surface area (Å²) in [6.45, 7) is 3.25. The highest BCUT2D eigenvalue weighted by Crippen LogP contribution is 2.22. The number of rotatable bonds is 5. The Morgan fingerprint density at radius 2 is 2.29 bits per heavy atom. The molecule has 2 heterocycles. The summed E-state index contributed by atoms with van der Waals surface area (Å²) in [5.41, 5.74) is 0. The Morgan fingerprint density at radius 1 is 1.41 bits per heavy atom. The second-order valence-corrected chi connectivity index (χ2v) is 5.76. The van der Waals surface area contributed by atoms with Crippen LogP contribution in [0.2, 0.25) is 0 Å². The molecule has 0 bridgehead atoms. The number of thiophene rings is 1. The summed E-state index contributed by atoms with van der Waals surface area (Å²) in [5.74, 6) is 1.18. The van der Waals surface area contributed by atoms with E-state index < -0.39 is 0 Å². The monoisotopic (exact) mass is 313 g/mol. The molecule has 0 radical (unpaired) electrons. The van der Waals surface area contributed by atoms with Crippen molar-refractivity contribution >= 4 is 33.2 Å². The second-order valence-electron chi connectivity index (χ2n) is 3.21. The highest BCUT2D eigenvalue weighted by Gasteiger charge is 2.01. The predicted octanol–water partition coefficient (Wildman–Crippen LogP) is 3.31. The number of nitrogens with zero attached hydrogens (tertiary/aromatic N) is 2. The fourth-order valence-corrected chi connectivity index (χ4v) is 2.69. The normalized spacial score (nSPS) is 10.2. The Kier molecular flexibility index (Phi) is 4.33. The number of halogens is 1. The van der Waals surface area contributed by atoms with E-state index in [1.165, 1.54) is 4.88 Å². The number of hydrogen-bond donors (Lipinski definition) is 1. The van der Waals surface area contributed by atoms with Gasteiger partial charge in [-0.2, -0.15) is 4.98 Å². The van der Waals surface area contributed by atoms with Crippen molar-refractivity contribution in [2.75, 3.05) is 11.9 Å². The van der Waals surface area contributed by atoms with E-state index >= 15 is 0 Å². The first-order chi connectivity index (χ1) is 8.28. The van der Waals surface area contributed by atoms with Crippen molar-refractivity contribution in [1.29, 1.82) is 0 Å².